The highest BCUT2D eigenvalue weighted by Crippen LogP contribution is 2.49. The predicted molar refractivity (Wildman–Crippen MR) is 59.9 cm³/mol. The van der Waals surface area contributed by atoms with Crippen molar-refractivity contribution in [3.8, 4) is 0 Å². The van der Waals surface area contributed by atoms with E-state index >= 15 is 0 Å². The van der Waals surface area contributed by atoms with Gasteiger partial charge < -0.3 is 0 Å². The average Bonchev–Trinajstić information content (AvgIpc) is 2.97. The third-order valence-corrected chi connectivity index (χ3v) is 3.80. The summed E-state index contributed by atoms with van der Waals surface area (Å²) in [6.45, 7) is 1.53. The number of rotatable bonds is 3. The molecule has 0 N–H and O–H groups in total. The van der Waals surface area contributed by atoms with E-state index in [1.165, 1.54) is 19.1 Å². The third-order valence-electron chi connectivity index (χ3n) is 3.06. The summed E-state index contributed by atoms with van der Waals surface area (Å²) in [5.41, 5.74) is -3.85. The van der Waals surface area contributed by atoms with E-state index in [0.717, 1.165) is 18.4 Å². The van der Waals surface area contributed by atoms with Gasteiger partial charge in [0.2, 0.25) is 0 Å². The first-order valence-corrected chi connectivity index (χ1v) is 6.02. The van der Waals surface area contributed by atoms with E-state index in [9.17, 15) is 18.0 Å². The first-order chi connectivity index (χ1) is 7.83. The van der Waals surface area contributed by atoms with Crippen LogP contribution >= 0.6 is 11.8 Å². The van der Waals surface area contributed by atoms with Crippen LogP contribution in [0.15, 0.2) is 29.2 Å². The molecule has 0 saturated heterocycles. The maximum atomic E-state index is 12.1. The lowest BCUT2D eigenvalue weighted by Gasteiger charge is -2.12. The second-order valence-corrected chi connectivity index (χ2v) is 5.35. The minimum absolute atomic E-state index is 0.0914. The fourth-order valence-corrected chi connectivity index (χ4v) is 2.48. The van der Waals surface area contributed by atoms with Crippen molar-refractivity contribution in [1.29, 1.82) is 0 Å². The van der Waals surface area contributed by atoms with Gasteiger partial charge in [-0.05, 0) is 49.2 Å². The maximum absolute atomic E-state index is 12.1. The van der Waals surface area contributed by atoms with Crippen LogP contribution in [0.5, 0.6) is 0 Å². The quantitative estimate of drug-likeness (QED) is 0.766. The number of thioether (sulfide) groups is 1. The third kappa shape index (κ3) is 2.65. The van der Waals surface area contributed by atoms with Gasteiger partial charge in [0, 0.05) is 4.90 Å². The van der Waals surface area contributed by atoms with Crippen LogP contribution in [0.4, 0.5) is 13.2 Å². The molecule has 0 aliphatic heterocycles. The predicted octanol–water partition coefficient (Wildman–Crippen LogP) is 3.92. The van der Waals surface area contributed by atoms with Crippen LogP contribution in [-0.2, 0) is 10.2 Å². The van der Waals surface area contributed by atoms with E-state index in [1.807, 2.05) is 0 Å². The number of carbonyl (C=O) groups excluding carboxylic acids is 1. The van der Waals surface area contributed by atoms with Gasteiger partial charge in [-0.15, -0.1) is 0 Å². The molecule has 0 bridgehead atoms. The molecule has 1 aliphatic carbocycles. The molecule has 92 valence electrons. The molecule has 1 saturated carbocycles. The number of hydrogen-bond donors (Lipinski definition) is 0. The van der Waals surface area contributed by atoms with Crippen molar-refractivity contribution >= 4 is 17.5 Å². The lowest BCUT2D eigenvalue weighted by atomic mass is 9.92. The highest BCUT2D eigenvalue weighted by molar-refractivity contribution is 8.00. The van der Waals surface area contributed by atoms with E-state index in [4.69, 9.17) is 0 Å². The van der Waals surface area contributed by atoms with Gasteiger partial charge in [-0.2, -0.15) is 13.2 Å². The minimum Gasteiger partial charge on any atom is -0.299 e. The van der Waals surface area contributed by atoms with Crippen molar-refractivity contribution in [2.75, 3.05) is 0 Å². The van der Waals surface area contributed by atoms with Crippen LogP contribution in [0, 0.1) is 0 Å². The molecule has 17 heavy (non-hydrogen) atoms. The standard InChI is InChI=1S/C12H11F3OS/c1-8(16)11(6-7-11)9-2-4-10(5-3-9)17-12(13,14)15/h2-5H,6-7H2,1H3. The van der Waals surface area contributed by atoms with Crippen LogP contribution < -0.4 is 0 Å². The topological polar surface area (TPSA) is 17.1 Å². The Balaban J connectivity index is 2.17. The molecular weight excluding hydrogens is 249 g/mol. The van der Waals surface area contributed by atoms with Gasteiger partial charge in [0.1, 0.15) is 5.78 Å². The van der Waals surface area contributed by atoms with Crippen LogP contribution in [0.3, 0.4) is 0 Å². The molecule has 1 nitrogen and oxygen atoms in total. The van der Waals surface area contributed by atoms with E-state index in [-0.39, 0.29) is 22.4 Å². The Bertz CT molecular complexity index is 432. The fourth-order valence-electron chi connectivity index (χ4n) is 1.94. The zero-order valence-corrected chi connectivity index (χ0v) is 9.99. The Morgan fingerprint density at radius 2 is 1.76 bits per heavy atom. The number of benzene rings is 1. The van der Waals surface area contributed by atoms with E-state index in [2.05, 4.69) is 0 Å². The number of carbonyl (C=O) groups is 1. The molecule has 0 amide bonds. The second-order valence-electron chi connectivity index (χ2n) is 4.21. The van der Waals surface area contributed by atoms with Crippen molar-refractivity contribution in [2.45, 2.75) is 35.6 Å². The second kappa shape index (κ2) is 4.05. The van der Waals surface area contributed by atoms with Crippen molar-refractivity contribution in [3.05, 3.63) is 29.8 Å². The first kappa shape index (κ1) is 12.5. The van der Waals surface area contributed by atoms with Gasteiger partial charge >= 0.3 is 5.51 Å². The highest BCUT2D eigenvalue weighted by Gasteiger charge is 2.48. The number of Topliss-reactive ketones (excluding diaryl/α,β-unsaturated/α-hetero) is 1. The zero-order chi connectivity index (χ0) is 12.7. The first-order valence-electron chi connectivity index (χ1n) is 5.21. The summed E-state index contributed by atoms with van der Waals surface area (Å²) in [4.78, 5) is 11.6. The van der Waals surface area contributed by atoms with Crippen LogP contribution in [-0.4, -0.2) is 11.3 Å². The summed E-state index contributed by atoms with van der Waals surface area (Å²) in [5.74, 6) is 0.0914. The monoisotopic (exact) mass is 260 g/mol. The Hall–Kier alpha value is -0.970. The van der Waals surface area contributed by atoms with Gasteiger partial charge in [0.05, 0.1) is 5.41 Å². The van der Waals surface area contributed by atoms with Gasteiger partial charge in [0.15, 0.2) is 0 Å². The molecule has 1 aromatic carbocycles. The largest absolute Gasteiger partial charge is 0.446 e. The van der Waals surface area contributed by atoms with Gasteiger partial charge in [0.25, 0.3) is 0 Å². The summed E-state index contributed by atoms with van der Waals surface area (Å²) < 4.78 is 36.4. The molecule has 0 unspecified atom stereocenters. The molecule has 1 aromatic rings. The summed E-state index contributed by atoms with van der Waals surface area (Å²) >= 11 is -0.136. The molecular formula is C12H11F3OS. The molecule has 1 fully saturated rings. The van der Waals surface area contributed by atoms with E-state index in [1.54, 1.807) is 12.1 Å². The summed E-state index contributed by atoms with van der Waals surface area (Å²) in [5, 5.41) is 0. The van der Waals surface area contributed by atoms with Gasteiger partial charge in [-0.3, -0.25) is 4.79 Å². The average molecular weight is 260 g/mol. The van der Waals surface area contributed by atoms with Crippen molar-refractivity contribution in [3.63, 3.8) is 0 Å². The molecule has 0 aromatic heterocycles. The van der Waals surface area contributed by atoms with Crippen molar-refractivity contribution in [2.24, 2.45) is 0 Å². The fraction of sp³-hybridized carbons (Fsp3) is 0.417. The molecule has 0 radical (unpaired) electrons. The molecule has 0 heterocycles. The molecule has 0 atom stereocenters. The minimum atomic E-state index is -4.26. The number of hydrogen-bond acceptors (Lipinski definition) is 2. The van der Waals surface area contributed by atoms with Crippen LogP contribution in [0.2, 0.25) is 0 Å². The molecule has 2 rings (SSSR count). The van der Waals surface area contributed by atoms with Gasteiger partial charge in [-0.25, -0.2) is 0 Å². The van der Waals surface area contributed by atoms with Crippen LogP contribution in [0.1, 0.15) is 25.3 Å². The summed E-state index contributed by atoms with van der Waals surface area (Å²) in [6, 6.07) is 6.11. The van der Waals surface area contributed by atoms with Crippen molar-refractivity contribution in [1.82, 2.24) is 0 Å². The maximum Gasteiger partial charge on any atom is 0.446 e. The number of ketones is 1. The summed E-state index contributed by atoms with van der Waals surface area (Å²) in [6.07, 6.45) is 1.60. The smallest absolute Gasteiger partial charge is 0.299 e. The van der Waals surface area contributed by atoms with Gasteiger partial charge in [-0.1, -0.05) is 12.1 Å². The van der Waals surface area contributed by atoms with E-state index < -0.39 is 10.9 Å². The summed E-state index contributed by atoms with van der Waals surface area (Å²) in [7, 11) is 0. The molecule has 1 aliphatic rings. The Kier molecular flexibility index (Phi) is 2.97. The number of alkyl halides is 3. The normalized spacial score (nSPS) is 17.9. The number of halogens is 3. The zero-order valence-electron chi connectivity index (χ0n) is 9.17. The molecule has 0 spiro atoms. The highest BCUT2D eigenvalue weighted by atomic mass is 32.2. The molecule has 5 heteroatoms. The van der Waals surface area contributed by atoms with Crippen molar-refractivity contribution < 1.29 is 18.0 Å². The lowest BCUT2D eigenvalue weighted by Crippen LogP contribution is -2.16. The van der Waals surface area contributed by atoms with E-state index in [0.29, 0.717) is 0 Å². The Morgan fingerprint density at radius 1 is 1.24 bits per heavy atom. The Labute approximate surface area is 101 Å². The SMILES string of the molecule is CC(=O)C1(c2ccc(SC(F)(F)F)cc2)CC1. The lowest BCUT2D eigenvalue weighted by molar-refractivity contribution is -0.119. The van der Waals surface area contributed by atoms with Crippen LogP contribution in [0.25, 0.3) is 0 Å². The Morgan fingerprint density at radius 3 is 2.12 bits per heavy atom.